The first-order valence-corrected chi connectivity index (χ1v) is 8.07. The average Bonchev–Trinajstić information content (AvgIpc) is 2.65. The lowest BCUT2D eigenvalue weighted by Crippen LogP contribution is -2.21. The van der Waals surface area contributed by atoms with Crippen molar-refractivity contribution >= 4 is 17.3 Å². The van der Waals surface area contributed by atoms with Crippen molar-refractivity contribution in [3.63, 3.8) is 0 Å². The number of anilines is 1. The molecule has 0 spiro atoms. The first-order chi connectivity index (χ1) is 12.6. The van der Waals surface area contributed by atoms with Crippen LogP contribution in [0.1, 0.15) is 6.92 Å². The zero-order chi connectivity index (χ0) is 18.8. The normalized spacial score (nSPS) is 10.2. The van der Waals surface area contributed by atoms with Crippen LogP contribution in [-0.4, -0.2) is 37.3 Å². The maximum atomic E-state index is 12.1. The van der Waals surface area contributed by atoms with Crippen molar-refractivity contribution in [3.8, 4) is 11.5 Å². The van der Waals surface area contributed by atoms with Crippen molar-refractivity contribution in [3.05, 3.63) is 58.6 Å². The summed E-state index contributed by atoms with van der Waals surface area (Å²) in [6, 6.07) is 12.8. The third-order valence-electron chi connectivity index (χ3n) is 3.27. The predicted molar refractivity (Wildman–Crippen MR) is 95.7 cm³/mol. The molecule has 8 nitrogen and oxygen atoms in total. The molecule has 0 bridgehead atoms. The van der Waals surface area contributed by atoms with Crippen LogP contribution in [0.3, 0.4) is 0 Å². The molecule has 0 saturated heterocycles. The van der Waals surface area contributed by atoms with E-state index in [0.717, 1.165) is 0 Å². The number of ether oxygens (including phenoxy) is 3. The molecular weight excluding hydrogens is 340 g/mol. The molecule has 0 radical (unpaired) electrons. The Morgan fingerprint density at radius 3 is 2.46 bits per heavy atom. The molecule has 138 valence electrons. The van der Waals surface area contributed by atoms with E-state index in [-0.39, 0.29) is 18.0 Å². The molecule has 0 saturated carbocycles. The summed E-state index contributed by atoms with van der Waals surface area (Å²) in [5.74, 6) is 0.0872. The van der Waals surface area contributed by atoms with Gasteiger partial charge in [0.1, 0.15) is 12.4 Å². The third kappa shape index (κ3) is 5.75. The van der Waals surface area contributed by atoms with Crippen molar-refractivity contribution in [1.29, 1.82) is 0 Å². The van der Waals surface area contributed by atoms with E-state index in [9.17, 15) is 14.9 Å². The van der Waals surface area contributed by atoms with Gasteiger partial charge in [-0.15, -0.1) is 0 Å². The molecule has 1 amide bonds. The Morgan fingerprint density at radius 1 is 1.04 bits per heavy atom. The molecule has 26 heavy (non-hydrogen) atoms. The minimum atomic E-state index is -0.561. The van der Waals surface area contributed by atoms with E-state index in [1.807, 2.05) is 6.92 Å². The van der Waals surface area contributed by atoms with Crippen molar-refractivity contribution in [2.24, 2.45) is 0 Å². The second-order valence-electron chi connectivity index (χ2n) is 5.10. The summed E-state index contributed by atoms with van der Waals surface area (Å²) in [5.41, 5.74) is 0.292. The smallest absolute Gasteiger partial charge is 0.310 e. The number of carbonyl (C=O) groups excluding carboxylic acids is 1. The highest BCUT2D eigenvalue weighted by Gasteiger charge is 2.15. The number of hydrogen-bond donors (Lipinski definition) is 1. The molecule has 0 heterocycles. The summed E-state index contributed by atoms with van der Waals surface area (Å²) in [7, 11) is 0. The number of nitrogens with one attached hydrogen (secondary N) is 1. The number of nitro groups is 1. The van der Waals surface area contributed by atoms with Crippen LogP contribution >= 0.6 is 0 Å². The highest BCUT2D eigenvalue weighted by Crippen LogP contribution is 2.26. The lowest BCUT2D eigenvalue weighted by atomic mass is 10.3. The molecule has 0 unspecified atom stereocenters. The van der Waals surface area contributed by atoms with E-state index in [1.165, 1.54) is 18.2 Å². The topological polar surface area (TPSA) is 99.9 Å². The monoisotopic (exact) mass is 360 g/mol. The zero-order valence-corrected chi connectivity index (χ0v) is 14.3. The van der Waals surface area contributed by atoms with E-state index in [1.54, 1.807) is 30.3 Å². The average molecular weight is 360 g/mol. The molecule has 0 aliphatic rings. The van der Waals surface area contributed by atoms with Crippen LogP contribution in [0.4, 0.5) is 11.4 Å². The zero-order valence-electron chi connectivity index (χ0n) is 14.3. The third-order valence-corrected chi connectivity index (χ3v) is 3.27. The summed E-state index contributed by atoms with van der Waals surface area (Å²) < 4.78 is 16.1. The van der Waals surface area contributed by atoms with Crippen LogP contribution in [0.5, 0.6) is 11.5 Å². The molecule has 2 rings (SSSR count). The van der Waals surface area contributed by atoms with Gasteiger partial charge in [0.2, 0.25) is 0 Å². The first kappa shape index (κ1) is 19.2. The largest absolute Gasteiger partial charge is 0.489 e. The number of para-hydroxylation sites is 4. The van der Waals surface area contributed by atoms with Gasteiger partial charge in [-0.25, -0.2) is 0 Å². The van der Waals surface area contributed by atoms with Crippen LogP contribution < -0.4 is 14.8 Å². The molecule has 0 aromatic heterocycles. The minimum Gasteiger partial charge on any atom is -0.489 e. The van der Waals surface area contributed by atoms with Gasteiger partial charge in [-0.05, 0) is 25.1 Å². The van der Waals surface area contributed by atoms with Crippen molar-refractivity contribution < 1.29 is 23.9 Å². The maximum Gasteiger partial charge on any atom is 0.310 e. The Hall–Kier alpha value is -3.13. The molecule has 1 N–H and O–H groups in total. The van der Waals surface area contributed by atoms with Crippen LogP contribution in [0.2, 0.25) is 0 Å². The summed E-state index contributed by atoms with van der Waals surface area (Å²) in [4.78, 5) is 22.5. The fourth-order valence-corrected chi connectivity index (χ4v) is 2.11. The number of hydrogen-bond acceptors (Lipinski definition) is 6. The van der Waals surface area contributed by atoms with E-state index >= 15 is 0 Å². The summed E-state index contributed by atoms with van der Waals surface area (Å²) >= 11 is 0. The van der Waals surface area contributed by atoms with Gasteiger partial charge in [-0.3, -0.25) is 14.9 Å². The Bertz CT molecular complexity index is 750. The second kappa shape index (κ2) is 10.00. The van der Waals surface area contributed by atoms with Gasteiger partial charge in [0.05, 0.1) is 17.2 Å². The number of amides is 1. The van der Waals surface area contributed by atoms with Crippen molar-refractivity contribution in [2.45, 2.75) is 6.92 Å². The molecule has 0 atom stereocenters. The molecule has 8 heteroatoms. The molecule has 2 aromatic carbocycles. The van der Waals surface area contributed by atoms with Crippen molar-refractivity contribution in [1.82, 2.24) is 0 Å². The van der Waals surface area contributed by atoms with Gasteiger partial charge in [-0.2, -0.15) is 0 Å². The highest BCUT2D eigenvalue weighted by molar-refractivity contribution is 5.93. The van der Waals surface area contributed by atoms with Crippen LogP contribution in [-0.2, 0) is 9.53 Å². The van der Waals surface area contributed by atoms with Crippen LogP contribution in [0.15, 0.2) is 48.5 Å². The van der Waals surface area contributed by atoms with Gasteiger partial charge >= 0.3 is 5.69 Å². The quantitative estimate of drug-likeness (QED) is 0.397. The van der Waals surface area contributed by atoms with E-state index in [4.69, 9.17) is 14.2 Å². The Kier molecular flexibility index (Phi) is 7.38. The second-order valence-corrected chi connectivity index (χ2v) is 5.10. The summed E-state index contributed by atoms with van der Waals surface area (Å²) in [5, 5.41) is 13.6. The van der Waals surface area contributed by atoms with Gasteiger partial charge in [0.15, 0.2) is 12.4 Å². The summed E-state index contributed by atoms with van der Waals surface area (Å²) in [6.45, 7) is 2.93. The first-order valence-electron chi connectivity index (χ1n) is 8.07. The van der Waals surface area contributed by atoms with E-state index < -0.39 is 10.8 Å². The van der Waals surface area contributed by atoms with Crippen LogP contribution in [0, 0.1) is 10.1 Å². The lowest BCUT2D eigenvalue weighted by Gasteiger charge is -2.13. The highest BCUT2D eigenvalue weighted by atomic mass is 16.6. The maximum absolute atomic E-state index is 12.1. The molecule has 2 aromatic rings. The molecule has 0 aliphatic heterocycles. The number of rotatable bonds is 10. The lowest BCUT2D eigenvalue weighted by molar-refractivity contribution is -0.385. The Balaban J connectivity index is 1.93. The van der Waals surface area contributed by atoms with Gasteiger partial charge in [-0.1, -0.05) is 24.3 Å². The number of nitrogens with zero attached hydrogens (tertiary/aromatic N) is 1. The fourth-order valence-electron chi connectivity index (χ4n) is 2.11. The standard InChI is InChI=1S/C18H20N2O6/c1-2-24-11-12-25-16-9-5-3-7-14(16)19-18(21)13-26-17-10-6-4-8-15(17)20(22)23/h3-10H,2,11-13H2,1H3,(H,19,21). The van der Waals surface area contributed by atoms with E-state index in [2.05, 4.69) is 5.32 Å². The minimum absolute atomic E-state index is 0.0360. The molecular formula is C18H20N2O6. The SMILES string of the molecule is CCOCCOc1ccccc1NC(=O)COc1ccccc1[N+](=O)[O-]. The number of nitro benzene ring substituents is 1. The van der Waals surface area contributed by atoms with E-state index in [0.29, 0.717) is 31.3 Å². The molecule has 0 aliphatic carbocycles. The van der Waals surface area contributed by atoms with Crippen LogP contribution in [0.25, 0.3) is 0 Å². The Morgan fingerprint density at radius 2 is 1.73 bits per heavy atom. The number of benzene rings is 2. The fraction of sp³-hybridized carbons (Fsp3) is 0.278. The molecule has 0 fully saturated rings. The van der Waals surface area contributed by atoms with Crippen molar-refractivity contribution in [2.75, 3.05) is 31.7 Å². The van der Waals surface area contributed by atoms with Gasteiger partial charge < -0.3 is 19.5 Å². The number of carbonyl (C=O) groups is 1. The van der Waals surface area contributed by atoms with Gasteiger partial charge in [0.25, 0.3) is 5.91 Å². The Labute approximate surface area is 150 Å². The summed E-state index contributed by atoms with van der Waals surface area (Å²) in [6.07, 6.45) is 0. The van der Waals surface area contributed by atoms with Gasteiger partial charge in [0, 0.05) is 12.7 Å². The predicted octanol–water partition coefficient (Wildman–Crippen LogP) is 3.03.